The molecule has 7 nitrogen and oxygen atoms in total. The Morgan fingerprint density at radius 3 is 2.53 bits per heavy atom. The first-order valence-electron chi connectivity index (χ1n) is 10.6. The summed E-state index contributed by atoms with van der Waals surface area (Å²) in [5.41, 5.74) is 2.14. The zero-order valence-electron chi connectivity index (χ0n) is 18.1. The normalized spacial score (nSPS) is 14.7. The van der Waals surface area contributed by atoms with Gasteiger partial charge in [-0.2, -0.15) is 0 Å². The summed E-state index contributed by atoms with van der Waals surface area (Å²) in [5, 5.41) is 8.90. The Hall–Kier alpha value is -3.10. The molecule has 1 aliphatic rings. The van der Waals surface area contributed by atoms with Crippen molar-refractivity contribution >= 4 is 23.7 Å². The third-order valence-corrected chi connectivity index (χ3v) is 6.32. The first kappa shape index (κ1) is 22.1. The largest absolute Gasteiger partial charge is 0.497 e. The van der Waals surface area contributed by atoms with Gasteiger partial charge in [0.25, 0.3) is 0 Å². The summed E-state index contributed by atoms with van der Waals surface area (Å²) in [6, 6.07) is 18.0. The first-order valence-corrected chi connectivity index (χ1v) is 11.6. The number of benzene rings is 2. The van der Waals surface area contributed by atoms with Gasteiger partial charge in [-0.3, -0.25) is 14.3 Å². The number of carbonyl (C=O) groups excluding carboxylic acids is 1. The summed E-state index contributed by atoms with van der Waals surface area (Å²) in [5.74, 6) is 1.28. The van der Waals surface area contributed by atoms with Crippen molar-refractivity contribution in [3.63, 3.8) is 0 Å². The van der Waals surface area contributed by atoms with Crippen LogP contribution in [0, 0.1) is 0 Å². The molecule has 0 atom stereocenters. The van der Waals surface area contributed by atoms with Crippen LogP contribution in [0.3, 0.4) is 0 Å². The van der Waals surface area contributed by atoms with E-state index in [9.17, 15) is 4.79 Å². The average molecular weight is 450 g/mol. The highest BCUT2D eigenvalue weighted by Crippen LogP contribution is 2.22. The zero-order valence-corrected chi connectivity index (χ0v) is 18.9. The Labute approximate surface area is 192 Å². The maximum Gasteiger partial charge on any atom is 0.233 e. The summed E-state index contributed by atoms with van der Waals surface area (Å²) in [6.45, 7) is 4.18. The van der Waals surface area contributed by atoms with Crippen LogP contribution in [-0.2, 0) is 4.79 Å². The van der Waals surface area contributed by atoms with Gasteiger partial charge in [-0.25, -0.2) is 0 Å². The van der Waals surface area contributed by atoms with Crippen LogP contribution in [-0.4, -0.2) is 76.1 Å². The van der Waals surface area contributed by atoms with E-state index < -0.39 is 0 Å². The number of aromatic nitrogens is 3. The van der Waals surface area contributed by atoms with Crippen LogP contribution in [0.1, 0.15) is 5.56 Å². The Balaban J connectivity index is 1.24. The van der Waals surface area contributed by atoms with Crippen molar-refractivity contribution in [3.05, 3.63) is 72.6 Å². The lowest BCUT2D eigenvalue weighted by molar-refractivity contribution is -0.130. The van der Waals surface area contributed by atoms with E-state index >= 15 is 0 Å². The Kier molecular flexibility index (Phi) is 7.58. The second-order valence-corrected chi connectivity index (χ2v) is 8.41. The lowest BCUT2D eigenvalue weighted by Crippen LogP contribution is -2.49. The number of nitrogens with zero attached hydrogens (tertiary/aromatic N) is 5. The molecule has 0 unspecified atom stereocenters. The number of amides is 1. The van der Waals surface area contributed by atoms with E-state index in [1.54, 1.807) is 13.4 Å². The van der Waals surface area contributed by atoms with Crippen molar-refractivity contribution in [2.24, 2.45) is 0 Å². The van der Waals surface area contributed by atoms with Crippen molar-refractivity contribution in [2.45, 2.75) is 5.16 Å². The third-order valence-electron chi connectivity index (χ3n) is 5.39. The van der Waals surface area contributed by atoms with Gasteiger partial charge in [0.1, 0.15) is 12.1 Å². The molecular weight excluding hydrogens is 422 g/mol. The molecule has 8 heteroatoms. The standard InChI is InChI=1S/C24H27N5O2S/c1-31-22-11-9-21(10-12-22)29-19-25-26-24(29)32-18-23(30)28-16-14-27(15-17-28)13-5-8-20-6-3-2-4-7-20/h2-12,19H,13-18H2,1H3/b8-5+. The highest BCUT2D eigenvalue weighted by atomic mass is 32.2. The molecule has 1 saturated heterocycles. The molecule has 1 aliphatic heterocycles. The van der Waals surface area contributed by atoms with Gasteiger partial charge in [0.2, 0.25) is 5.91 Å². The smallest absolute Gasteiger partial charge is 0.233 e. The second kappa shape index (κ2) is 11.0. The molecule has 2 heterocycles. The molecule has 0 saturated carbocycles. The van der Waals surface area contributed by atoms with E-state index in [1.807, 2.05) is 51.9 Å². The topological polar surface area (TPSA) is 63.5 Å². The minimum atomic E-state index is 0.138. The van der Waals surface area contributed by atoms with E-state index in [2.05, 4.69) is 39.4 Å². The number of thioether (sulfide) groups is 1. The molecule has 4 rings (SSSR count). The minimum absolute atomic E-state index is 0.138. The summed E-state index contributed by atoms with van der Waals surface area (Å²) >= 11 is 1.41. The van der Waals surface area contributed by atoms with E-state index in [1.165, 1.54) is 17.3 Å². The van der Waals surface area contributed by atoms with Gasteiger partial charge in [-0.05, 0) is 29.8 Å². The monoisotopic (exact) mass is 449 g/mol. The summed E-state index contributed by atoms with van der Waals surface area (Å²) in [7, 11) is 1.64. The highest BCUT2D eigenvalue weighted by molar-refractivity contribution is 7.99. The SMILES string of the molecule is COc1ccc(-n2cnnc2SCC(=O)N2CCN(C/C=C/c3ccccc3)CC2)cc1. The third kappa shape index (κ3) is 5.77. The molecule has 0 N–H and O–H groups in total. The zero-order chi connectivity index (χ0) is 22.2. The van der Waals surface area contributed by atoms with E-state index in [0.29, 0.717) is 10.9 Å². The lowest BCUT2D eigenvalue weighted by Gasteiger charge is -2.34. The van der Waals surface area contributed by atoms with Crippen LogP contribution in [0.25, 0.3) is 11.8 Å². The maximum absolute atomic E-state index is 12.7. The number of ether oxygens (including phenoxy) is 1. The van der Waals surface area contributed by atoms with Crippen LogP contribution < -0.4 is 4.74 Å². The molecule has 2 aromatic carbocycles. The summed E-state index contributed by atoms with van der Waals surface area (Å²) in [4.78, 5) is 17.0. The van der Waals surface area contributed by atoms with Crippen LogP contribution in [0.5, 0.6) is 5.75 Å². The predicted molar refractivity (Wildman–Crippen MR) is 127 cm³/mol. The number of rotatable bonds is 8. The molecule has 1 aromatic heterocycles. The molecule has 0 aliphatic carbocycles. The molecule has 3 aromatic rings. The van der Waals surface area contributed by atoms with Crippen LogP contribution in [0.2, 0.25) is 0 Å². The lowest BCUT2D eigenvalue weighted by atomic mass is 10.2. The van der Waals surface area contributed by atoms with Gasteiger partial charge in [0, 0.05) is 38.4 Å². The fourth-order valence-electron chi connectivity index (χ4n) is 3.54. The second-order valence-electron chi connectivity index (χ2n) is 7.46. The number of methoxy groups -OCH3 is 1. The van der Waals surface area contributed by atoms with Crippen molar-refractivity contribution < 1.29 is 9.53 Å². The van der Waals surface area contributed by atoms with Crippen LogP contribution in [0.4, 0.5) is 0 Å². The number of carbonyl (C=O) groups is 1. The first-order chi connectivity index (χ1) is 15.7. The van der Waals surface area contributed by atoms with E-state index in [-0.39, 0.29) is 5.91 Å². The van der Waals surface area contributed by atoms with Crippen molar-refractivity contribution in [2.75, 3.05) is 45.6 Å². The van der Waals surface area contributed by atoms with Gasteiger partial charge in [0.05, 0.1) is 12.9 Å². The van der Waals surface area contributed by atoms with Gasteiger partial charge in [-0.15, -0.1) is 10.2 Å². The molecule has 1 amide bonds. The molecular formula is C24H27N5O2S. The summed E-state index contributed by atoms with van der Waals surface area (Å²) < 4.78 is 7.09. The highest BCUT2D eigenvalue weighted by Gasteiger charge is 2.21. The molecule has 32 heavy (non-hydrogen) atoms. The Morgan fingerprint density at radius 2 is 1.81 bits per heavy atom. The van der Waals surface area contributed by atoms with Crippen LogP contribution >= 0.6 is 11.8 Å². The summed E-state index contributed by atoms with van der Waals surface area (Å²) in [6.07, 6.45) is 6.00. The molecule has 0 spiro atoms. The minimum Gasteiger partial charge on any atom is -0.497 e. The number of piperazine rings is 1. The van der Waals surface area contributed by atoms with E-state index in [0.717, 1.165) is 44.2 Å². The van der Waals surface area contributed by atoms with Gasteiger partial charge < -0.3 is 9.64 Å². The molecule has 0 bridgehead atoms. The van der Waals surface area contributed by atoms with Crippen molar-refractivity contribution in [3.8, 4) is 11.4 Å². The van der Waals surface area contributed by atoms with Crippen molar-refractivity contribution in [1.82, 2.24) is 24.6 Å². The average Bonchev–Trinajstić information content (AvgIpc) is 3.32. The molecule has 1 fully saturated rings. The van der Waals surface area contributed by atoms with Gasteiger partial charge in [-0.1, -0.05) is 54.2 Å². The fourth-order valence-corrected chi connectivity index (χ4v) is 4.37. The predicted octanol–water partition coefficient (Wildman–Crippen LogP) is 3.23. The van der Waals surface area contributed by atoms with Crippen molar-refractivity contribution in [1.29, 1.82) is 0 Å². The number of hydrogen-bond acceptors (Lipinski definition) is 6. The van der Waals surface area contributed by atoms with E-state index in [4.69, 9.17) is 4.74 Å². The van der Waals surface area contributed by atoms with Crippen LogP contribution in [0.15, 0.2) is 72.2 Å². The molecule has 166 valence electrons. The Bertz CT molecular complexity index is 1030. The maximum atomic E-state index is 12.7. The van der Waals surface area contributed by atoms with Gasteiger partial charge >= 0.3 is 0 Å². The molecule has 0 radical (unpaired) electrons. The quantitative estimate of drug-likeness (QED) is 0.492. The fraction of sp³-hybridized carbons (Fsp3) is 0.292. The van der Waals surface area contributed by atoms with Gasteiger partial charge in [0.15, 0.2) is 5.16 Å². The number of hydrogen-bond donors (Lipinski definition) is 0. The Morgan fingerprint density at radius 1 is 1.06 bits per heavy atom.